The first kappa shape index (κ1) is 14.9. The number of halogens is 1. The molecule has 1 atom stereocenters. The lowest BCUT2D eigenvalue weighted by Crippen LogP contribution is -2.22. The first-order valence-electron chi connectivity index (χ1n) is 6.62. The van der Waals surface area contributed by atoms with E-state index in [1.165, 1.54) is 18.1 Å². The highest BCUT2D eigenvalue weighted by Crippen LogP contribution is 2.26. The maximum Gasteiger partial charge on any atom is 0.165 e. The Morgan fingerprint density at radius 2 is 2.25 bits per heavy atom. The average molecular weight is 294 g/mol. The van der Waals surface area contributed by atoms with E-state index in [0.29, 0.717) is 0 Å². The van der Waals surface area contributed by atoms with Crippen molar-refractivity contribution in [1.29, 1.82) is 0 Å². The molecular formula is C15H19FN2OS. The number of thiazole rings is 1. The van der Waals surface area contributed by atoms with Crippen molar-refractivity contribution in [3.63, 3.8) is 0 Å². The predicted octanol–water partition coefficient (Wildman–Crippen LogP) is 3.49. The molecule has 1 aromatic heterocycles. The molecule has 1 aromatic carbocycles. The second kappa shape index (κ2) is 6.81. The van der Waals surface area contributed by atoms with Gasteiger partial charge in [-0.1, -0.05) is 13.0 Å². The van der Waals surface area contributed by atoms with Crippen molar-refractivity contribution in [3.05, 3.63) is 45.7 Å². The van der Waals surface area contributed by atoms with Gasteiger partial charge in [-0.3, -0.25) is 0 Å². The summed E-state index contributed by atoms with van der Waals surface area (Å²) < 4.78 is 18.7. The molecule has 0 fully saturated rings. The number of hydrogen-bond donors (Lipinski definition) is 1. The van der Waals surface area contributed by atoms with Crippen LogP contribution >= 0.6 is 11.3 Å². The van der Waals surface area contributed by atoms with Gasteiger partial charge in [0.1, 0.15) is 0 Å². The third-order valence-corrected chi connectivity index (χ3v) is 4.12. The lowest BCUT2D eigenvalue weighted by Gasteiger charge is -2.16. The summed E-state index contributed by atoms with van der Waals surface area (Å²) in [6.07, 6.45) is 2.63. The van der Waals surface area contributed by atoms with Gasteiger partial charge in [-0.2, -0.15) is 0 Å². The topological polar surface area (TPSA) is 34.1 Å². The lowest BCUT2D eigenvalue weighted by molar-refractivity contribution is 0.386. The third kappa shape index (κ3) is 3.55. The second-order valence-corrected chi connectivity index (χ2v) is 5.83. The van der Waals surface area contributed by atoms with Crippen LogP contribution in [0.1, 0.15) is 28.4 Å². The smallest absolute Gasteiger partial charge is 0.165 e. The van der Waals surface area contributed by atoms with Crippen LogP contribution < -0.4 is 10.1 Å². The van der Waals surface area contributed by atoms with E-state index in [1.807, 2.05) is 19.2 Å². The molecule has 0 spiro atoms. The summed E-state index contributed by atoms with van der Waals surface area (Å²) in [4.78, 5) is 5.47. The Balaban J connectivity index is 2.17. The van der Waals surface area contributed by atoms with Crippen molar-refractivity contribution in [3.8, 4) is 5.75 Å². The quantitative estimate of drug-likeness (QED) is 0.885. The van der Waals surface area contributed by atoms with Crippen LogP contribution in [0.5, 0.6) is 5.75 Å². The van der Waals surface area contributed by atoms with Crippen LogP contribution in [0.2, 0.25) is 0 Å². The van der Waals surface area contributed by atoms with E-state index in [9.17, 15) is 4.39 Å². The summed E-state index contributed by atoms with van der Waals surface area (Å²) in [5, 5.41) is 4.47. The minimum absolute atomic E-state index is 0.166. The van der Waals surface area contributed by atoms with Gasteiger partial charge in [-0.15, -0.1) is 11.3 Å². The van der Waals surface area contributed by atoms with Crippen molar-refractivity contribution < 1.29 is 9.13 Å². The number of ether oxygens (including phenoxy) is 1. The van der Waals surface area contributed by atoms with Gasteiger partial charge >= 0.3 is 0 Å². The van der Waals surface area contributed by atoms with Gasteiger partial charge in [0.2, 0.25) is 0 Å². The van der Waals surface area contributed by atoms with Crippen LogP contribution in [0.4, 0.5) is 4.39 Å². The predicted molar refractivity (Wildman–Crippen MR) is 79.9 cm³/mol. The molecule has 108 valence electrons. The SMILES string of the molecule is CCNC(Cc1ccc(OC)c(F)c1)c1cnc(C)s1. The van der Waals surface area contributed by atoms with E-state index < -0.39 is 0 Å². The standard InChI is InChI=1S/C15H19FN2OS/c1-4-17-13(15-9-18-10(2)20-15)8-11-5-6-14(19-3)12(16)7-11/h5-7,9,13,17H,4,8H2,1-3H3. The molecule has 0 saturated carbocycles. The van der Waals surface area contributed by atoms with Gasteiger partial charge in [-0.25, -0.2) is 9.37 Å². The van der Waals surface area contributed by atoms with Gasteiger partial charge in [0, 0.05) is 17.1 Å². The molecule has 5 heteroatoms. The van der Waals surface area contributed by atoms with Gasteiger partial charge in [0.25, 0.3) is 0 Å². The fourth-order valence-corrected chi connectivity index (χ4v) is 2.99. The highest BCUT2D eigenvalue weighted by molar-refractivity contribution is 7.11. The number of rotatable bonds is 6. The zero-order valence-corrected chi connectivity index (χ0v) is 12.8. The molecule has 20 heavy (non-hydrogen) atoms. The molecule has 0 bridgehead atoms. The first-order chi connectivity index (χ1) is 9.63. The summed E-state index contributed by atoms with van der Waals surface area (Å²) in [7, 11) is 1.47. The van der Waals surface area contributed by atoms with Gasteiger partial charge < -0.3 is 10.1 Å². The molecule has 0 aliphatic heterocycles. The molecule has 2 aromatic rings. The summed E-state index contributed by atoms with van der Waals surface area (Å²) in [6, 6.07) is 5.28. The molecule has 0 amide bonds. The van der Waals surface area contributed by atoms with E-state index in [0.717, 1.165) is 23.5 Å². The fourth-order valence-electron chi connectivity index (χ4n) is 2.13. The van der Waals surface area contributed by atoms with Crippen LogP contribution in [0.25, 0.3) is 0 Å². The highest BCUT2D eigenvalue weighted by atomic mass is 32.1. The second-order valence-electron chi connectivity index (χ2n) is 4.56. The normalized spacial score (nSPS) is 12.4. The maximum absolute atomic E-state index is 13.7. The first-order valence-corrected chi connectivity index (χ1v) is 7.43. The highest BCUT2D eigenvalue weighted by Gasteiger charge is 2.15. The summed E-state index contributed by atoms with van der Waals surface area (Å²) in [5.74, 6) is -0.0388. The molecule has 1 heterocycles. The molecule has 1 N–H and O–H groups in total. The van der Waals surface area contributed by atoms with Crippen molar-refractivity contribution >= 4 is 11.3 Å². The van der Waals surface area contributed by atoms with Crippen molar-refractivity contribution in [2.75, 3.05) is 13.7 Å². The van der Waals surface area contributed by atoms with Crippen molar-refractivity contribution in [2.24, 2.45) is 0 Å². The summed E-state index contributed by atoms with van der Waals surface area (Å²) >= 11 is 1.67. The summed E-state index contributed by atoms with van der Waals surface area (Å²) in [5.41, 5.74) is 0.945. The van der Waals surface area contributed by atoms with E-state index in [2.05, 4.69) is 17.2 Å². The number of nitrogens with one attached hydrogen (secondary N) is 1. The zero-order valence-electron chi connectivity index (χ0n) is 11.9. The largest absolute Gasteiger partial charge is 0.494 e. The van der Waals surface area contributed by atoms with Crippen LogP contribution in [-0.2, 0) is 6.42 Å². The molecule has 3 nitrogen and oxygen atoms in total. The van der Waals surface area contributed by atoms with Crippen LogP contribution in [0, 0.1) is 12.7 Å². The van der Waals surface area contributed by atoms with Crippen molar-refractivity contribution in [1.82, 2.24) is 10.3 Å². The number of aryl methyl sites for hydroxylation is 1. The molecule has 0 radical (unpaired) electrons. The van der Waals surface area contributed by atoms with Crippen LogP contribution in [0.15, 0.2) is 24.4 Å². The lowest BCUT2D eigenvalue weighted by atomic mass is 10.0. The zero-order chi connectivity index (χ0) is 14.5. The van der Waals surface area contributed by atoms with E-state index in [1.54, 1.807) is 17.4 Å². The Labute approximate surface area is 122 Å². The van der Waals surface area contributed by atoms with E-state index >= 15 is 0 Å². The fraction of sp³-hybridized carbons (Fsp3) is 0.400. The number of benzene rings is 1. The molecule has 0 aliphatic rings. The number of methoxy groups -OCH3 is 1. The average Bonchev–Trinajstić information content (AvgIpc) is 2.85. The monoisotopic (exact) mass is 294 g/mol. The Hall–Kier alpha value is -1.46. The number of aromatic nitrogens is 1. The van der Waals surface area contributed by atoms with Crippen molar-refractivity contribution in [2.45, 2.75) is 26.3 Å². The Kier molecular flexibility index (Phi) is 5.09. The van der Waals surface area contributed by atoms with Gasteiger partial charge in [0.15, 0.2) is 11.6 Å². The number of likely N-dealkylation sites (N-methyl/N-ethyl adjacent to an activating group) is 1. The minimum Gasteiger partial charge on any atom is -0.494 e. The molecule has 1 unspecified atom stereocenters. The van der Waals surface area contributed by atoms with Crippen LogP contribution in [0.3, 0.4) is 0 Å². The maximum atomic E-state index is 13.7. The number of hydrogen-bond acceptors (Lipinski definition) is 4. The Morgan fingerprint density at radius 1 is 1.45 bits per heavy atom. The summed E-state index contributed by atoms with van der Waals surface area (Å²) in [6.45, 7) is 4.92. The minimum atomic E-state index is -0.319. The third-order valence-electron chi connectivity index (χ3n) is 3.09. The molecular weight excluding hydrogens is 275 g/mol. The molecule has 0 saturated heterocycles. The Bertz CT molecular complexity index is 571. The molecule has 2 rings (SSSR count). The van der Waals surface area contributed by atoms with Gasteiger partial charge in [0.05, 0.1) is 12.1 Å². The van der Waals surface area contributed by atoms with E-state index in [4.69, 9.17) is 4.74 Å². The van der Waals surface area contributed by atoms with E-state index in [-0.39, 0.29) is 17.6 Å². The van der Waals surface area contributed by atoms with Gasteiger partial charge in [-0.05, 0) is 37.6 Å². The molecule has 0 aliphatic carbocycles. The Morgan fingerprint density at radius 3 is 2.80 bits per heavy atom. The number of nitrogens with zero attached hydrogens (tertiary/aromatic N) is 1. The van der Waals surface area contributed by atoms with Crippen LogP contribution in [-0.4, -0.2) is 18.6 Å².